The van der Waals surface area contributed by atoms with Gasteiger partial charge in [-0.15, -0.1) is 0 Å². The summed E-state index contributed by atoms with van der Waals surface area (Å²) < 4.78 is 11.5. The van der Waals surface area contributed by atoms with Gasteiger partial charge in [0.25, 0.3) is 0 Å². The van der Waals surface area contributed by atoms with Crippen molar-refractivity contribution >= 4 is 7.12 Å². The third-order valence-corrected chi connectivity index (χ3v) is 3.12. The Balaban J connectivity index is 1.77. The van der Waals surface area contributed by atoms with E-state index in [9.17, 15) is 0 Å². The Bertz CT molecular complexity index is 309. The smallest absolute Gasteiger partial charge is 0.523 e. The van der Waals surface area contributed by atoms with Crippen molar-refractivity contribution in [3.63, 3.8) is 0 Å². The number of fused-ring (bicyclic) bond motifs is 1. The Hall–Kier alpha value is -1.12. The number of hydrogen-bond donors (Lipinski definition) is 0. The van der Waals surface area contributed by atoms with Crippen LogP contribution in [0.4, 0.5) is 0 Å². The van der Waals surface area contributed by atoms with Gasteiger partial charge in [0.05, 0.1) is 0 Å². The third-order valence-electron chi connectivity index (χ3n) is 3.12. The van der Waals surface area contributed by atoms with Crippen molar-refractivity contribution in [2.45, 2.75) is 31.5 Å². The second-order valence-electron chi connectivity index (χ2n) is 4.10. The lowest BCUT2D eigenvalue weighted by atomic mass is 9.71. The Morgan fingerprint density at radius 1 is 1.00 bits per heavy atom. The first-order chi connectivity index (χ1) is 6.93. The minimum atomic E-state index is -0.0186. The van der Waals surface area contributed by atoms with Gasteiger partial charge in [0.1, 0.15) is 11.5 Å². The molecule has 72 valence electrons. The molecule has 1 aliphatic carbocycles. The molecular formula is C11H13BO2. The molecule has 1 aromatic rings. The number of rotatable bonds is 1. The molecule has 3 heteroatoms. The van der Waals surface area contributed by atoms with Crippen molar-refractivity contribution in [1.29, 1.82) is 0 Å². The van der Waals surface area contributed by atoms with E-state index >= 15 is 0 Å². The maximum Gasteiger partial charge on any atom is 0.598 e. The predicted octanol–water partition coefficient (Wildman–Crippen LogP) is 2.89. The lowest BCUT2D eigenvalue weighted by Crippen LogP contribution is -2.29. The van der Waals surface area contributed by atoms with E-state index in [1.165, 1.54) is 25.7 Å². The first kappa shape index (κ1) is 8.21. The predicted molar refractivity (Wildman–Crippen MR) is 55.7 cm³/mol. The van der Waals surface area contributed by atoms with Crippen LogP contribution < -0.4 is 9.31 Å². The topological polar surface area (TPSA) is 18.5 Å². The molecule has 2 nitrogen and oxygen atoms in total. The first-order valence-electron chi connectivity index (χ1n) is 5.36. The summed E-state index contributed by atoms with van der Waals surface area (Å²) in [5, 5.41) is 0. The van der Waals surface area contributed by atoms with Crippen molar-refractivity contribution in [3.05, 3.63) is 24.3 Å². The average Bonchev–Trinajstić information content (AvgIpc) is 2.86. The highest BCUT2D eigenvalue weighted by Gasteiger charge is 2.40. The molecule has 0 radical (unpaired) electrons. The van der Waals surface area contributed by atoms with Gasteiger partial charge in [0.15, 0.2) is 0 Å². The number of benzene rings is 1. The molecular weight excluding hydrogens is 175 g/mol. The Kier molecular flexibility index (Phi) is 1.89. The molecule has 0 bridgehead atoms. The van der Waals surface area contributed by atoms with E-state index in [0.717, 1.165) is 11.5 Å². The fourth-order valence-corrected chi connectivity index (χ4v) is 2.34. The zero-order valence-electron chi connectivity index (χ0n) is 8.11. The van der Waals surface area contributed by atoms with Gasteiger partial charge in [-0.05, 0) is 25.0 Å². The summed E-state index contributed by atoms with van der Waals surface area (Å²) in [6.45, 7) is 0. The molecule has 0 amide bonds. The minimum Gasteiger partial charge on any atom is -0.523 e. The quantitative estimate of drug-likeness (QED) is 0.630. The molecule has 1 aromatic carbocycles. The van der Waals surface area contributed by atoms with E-state index in [-0.39, 0.29) is 7.12 Å². The van der Waals surface area contributed by atoms with Gasteiger partial charge in [-0.3, -0.25) is 0 Å². The second-order valence-corrected chi connectivity index (χ2v) is 4.10. The van der Waals surface area contributed by atoms with Crippen LogP contribution in [-0.4, -0.2) is 7.12 Å². The van der Waals surface area contributed by atoms with Crippen LogP contribution in [0.3, 0.4) is 0 Å². The van der Waals surface area contributed by atoms with Crippen LogP contribution in [0.15, 0.2) is 24.3 Å². The first-order valence-corrected chi connectivity index (χ1v) is 5.36. The highest BCUT2D eigenvalue weighted by molar-refractivity contribution is 6.49. The van der Waals surface area contributed by atoms with Crippen molar-refractivity contribution in [3.8, 4) is 11.5 Å². The van der Waals surface area contributed by atoms with Crippen molar-refractivity contribution in [2.75, 3.05) is 0 Å². The van der Waals surface area contributed by atoms with Gasteiger partial charge in [0, 0.05) is 5.82 Å². The molecule has 0 unspecified atom stereocenters. The van der Waals surface area contributed by atoms with Crippen LogP contribution in [0.1, 0.15) is 25.7 Å². The fraction of sp³-hybridized carbons (Fsp3) is 0.455. The molecule has 3 rings (SSSR count). The van der Waals surface area contributed by atoms with Gasteiger partial charge < -0.3 is 9.31 Å². The van der Waals surface area contributed by atoms with Crippen LogP contribution in [0.2, 0.25) is 5.82 Å². The standard InChI is InChI=1S/C11H13BO2/c1-2-6-9(5-1)12-13-10-7-3-4-8-11(10)14-12/h3-4,7-9H,1-2,5-6H2. The zero-order valence-corrected chi connectivity index (χ0v) is 8.11. The van der Waals surface area contributed by atoms with Gasteiger partial charge >= 0.3 is 7.12 Å². The molecule has 2 aliphatic rings. The van der Waals surface area contributed by atoms with E-state index in [1.807, 2.05) is 24.3 Å². The molecule has 14 heavy (non-hydrogen) atoms. The fourth-order valence-electron chi connectivity index (χ4n) is 2.34. The maximum atomic E-state index is 5.77. The molecule has 0 aromatic heterocycles. The summed E-state index contributed by atoms with van der Waals surface area (Å²) in [7, 11) is -0.0186. The largest absolute Gasteiger partial charge is 0.598 e. The van der Waals surface area contributed by atoms with E-state index in [1.54, 1.807) is 0 Å². The Labute approximate surface area is 84.4 Å². The molecule has 1 aliphatic heterocycles. The van der Waals surface area contributed by atoms with Crippen LogP contribution in [-0.2, 0) is 0 Å². The van der Waals surface area contributed by atoms with Crippen LogP contribution >= 0.6 is 0 Å². The number of para-hydroxylation sites is 2. The molecule has 1 fully saturated rings. The second kappa shape index (κ2) is 3.23. The van der Waals surface area contributed by atoms with Crippen molar-refractivity contribution in [2.24, 2.45) is 0 Å². The normalized spacial score (nSPS) is 20.4. The monoisotopic (exact) mass is 188 g/mol. The summed E-state index contributed by atoms with van der Waals surface area (Å²) in [4.78, 5) is 0. The van der Waals surface area contributed by atoms with Gasteiger partial charge in [0.2, 0.25) is 0 Å². The van der Waals surface area contributed by atoms with Crippen LogP contribution in [0.25, 0.3) is 0 Å². The molecule has 0 saturated heterocycles. The number of hydrogen-bond acceptors (Lipinski definition) is 2. The van der Waals surface area contributed by atoms with Crippen LogP contribution in [0, 0.1) is 0 Å². The van der Waals surface area contributed by atoms with E-state index in [4.69, 9.17) is 9.31 Å². The van der Waals surface area contributed by atoms with Gasteiger partial charge in [-0.2, -0.15) is 0 Å². The lowest BCUT2D eigenvalue weighted by molar-refractivity contribution is 0.469. The lowest BCUT2D eigenvalue weighted by Gasteiger charge is -2.10. The maximum absolute atomic E-state index is 5.77. The molecule has 0 spiro atoms. The van der Waals surface area contributed by atoms with Gasteiger partial charge in [-0.1, -0.05) is 25.0 Å². The summed E-state index contributed by atoms with van der Waals surface area (Å²) >= 11 is 0. The molecule has 1 saturated carbocycles. The molecule has 1 heterocycles. The minimum absolute atomic E-state index is 0.0186. The van der Waals surface area contributed by atoms with Gasteiger partial charge in [-0.25, -0.2) is 0 Å². The van der Waals surface area contributed by atoms with Crippen molar-refractivity contribution in [1.82, 2.24) is 0 Å². The van der Waals surface area contributed by atoms with E-state index in [2.05, 4.69) is 0 Å². The Morgan fingerprint density at radius 3 is 2.14 bits per heavy atom. The molecule has 0 atom stereocenters. The average molecular weight is 188 g/mol. The summed E-state index contributed by atoms with van der Waals surface area (Å²) in [5.41, 5.74) is 0. The highest BCUT2D eigenvalue weighted by Crippen LogP contribution is 2.41. The summed E-state index contributed by atoms with van der Waals surface area (Å²) in [6, 6.07) is 7.92. The molecule has 0 N–H and O–H groups in total. The van der Waals surface area contributed by atoms with Crippen molar-refractivity contribution < 1.29 is 9.31 Å². The highest BCUT2D eigenvalue weighted by atomic mass is 16.6. The van der Waals surface area contributed by atoms with E-state index < -0.39 is 0 Å². The van der Waals surface area contributed by atoms with Crippen LogP contribution in [0.5, 0.6) is 11.5 Å². The summed E-state index contributed by atoms with van der Waals surface area (Å²) in [6.07, 6.45) is 5.14. The zero-order chi connectivity index (χ0) is 9.38. The van der Waals surface area contributed by atoms with E-state index in [0.29, 0.717) is 5.82 Å². The Morgan fingerprint density at radius 2 is 1.57 bits per heavy atom. The third kappa shape index (κ3) is 1.27. The summed E-state index contributed by atoms with van der Waals surface area (Å²) in [5.74, 6) is 2.41. The SMILES string of the molecule is c1ccc2c(c1)OB(C1CCCC1)O2.